The molecule has 102 valence electrons. The first-order valence-corrected chi connectivity index (χ1v) is 5.47. The van der Waals surface area contributed by atoms with E-state index in [-0.39, 0.29) is 16.9 Å². The van der Waals surface area contributed by atoms with Crippen LogP contribution in [0.25, 0.3) is 0 Å². The number of ether oxygens (including phenoxy) is 1. The van der Waals surface area contributed by atoms with Crippen LogP contribution >= 0.6 is 0 Å². The number of carbonyl (C=O) groups is 2. The zero-order valence-corrected chi connectivity index (χ0v) is 12.1. The van der Waals surface area contributed by atoms with Gasteiger partial charge < -0.3 is 4.74 Å². The Morgan fingerprint density at radius 3 is 1.26 bits per heavy atom. The second-order valence-corrected chi connectivity index (χ2v) is 4.02. The summed E-state index contributed by atoms with van der Waals surface area (Å²) in [4.78, 5) is 21.2. The van der Waals surface area contributed by atoms with E-state index in [2.05, 4.69) is 4.74 Å². The van der Waals surface area contributed by atoms with E-state index in [4.69, 9.17) is 10.5 Å². The van der Waals surface area contributed by atoms with Gasteiger partial charge in [-0.05, 0) is 34.6 Å². The number of esters is 1. The molecule has 0 spiro atoms. The first-order chi connectivity index (χ1) is 8.72. The van der Waals surface area contributed by atoms with Gasteiger partial charge in [0, 0.05) is 0 Å². The van der Waals surface area contributed by atoms with Crippen LogP contribution in [-0.4, -0.2) is 18.9 Å². The van der Waals surface area contributed by atoms with Gasteiger partial charge in [0.15, 0.2) is 5.78 Å². The lowest BCUT2D eigenvalue weighted by molar-refractivity contribution is -0.135. The van der Waals surface area contributed by atoms with Crippen molar-refractivity contribution >= 4 is 11.8 Å². The quantitative estimate of drug-likeness (QED) is 0.433. The van der Waals surface area contributed by atoms with Crippen molar-refractivity contribution in [3.8, 4) is 12.1 Å². The lowest BCUT2D eigenvalue weighted by Crippen LogP contribution is -2.04. The third kappa shape index (κ3) is 7.51. The van der Waals surface area contributed by atoms with E-state index >= 15 is 0 Å². The van der Waals surface area contributed by atoms with E-state index in [0.717, 1.165) is 5.57 Å². The maximum Gasteiger partial charge on any atom is 0.348 e. The molecule has 0 saturated carbocycles. The van der Waals surface area contributed by atoms with Gasteiger partial charge in [-0.2, -0.15) is 10.5 Å². The molecule has 0 bridgehead atoms. The molecule has 0 atom stereocenters. The highest BCUT2D eigenvalue weighted by Crippen LogP contribution is 2.02. The molecule has 19 heavy (non-hydrogen) atoms. The molecule has 0 heterocycles. The molecule has 0 aliphatic heterocycles. The first kappa shape index (κ1) is 19.0. The normalized spacial score (nSPS) is 7.79. The van der Waals surface area contributed by atoms with E-state index in [1.165, 1.54) is 14.0 Å². The molecule has 0 unspecified atom stereocenters. The molecule has 0 rings (SSSR count). The van der Waals surface area contributed by atoms with Gasteiger partial charge in [0.25, 0.3) is 0 Å². The highest BCUT2D eigenvalue weighted by Gasteiger charge is 2.08. The molecule has 0 amide bonds. The highest BCUT2D eigenvalue weighted by molar-refractivity contribution is 5.97. The molecule has 5 nitrogen and oxygen atoms in total. The molecule has 0 aliphatic carbocycles. The van der Waals surface area contributed by atoms with Crippen molar-refractivity contribution in [1.29, 1.82) is 10.5 Å². The molecule has 0 aromatic rings. The average molecular weight is 262 g/mol. The number of Topliss-reactive ketones (excluding diaryl/α,β-unsaturated/α-hetero) is 1. The summed E-state index contributed by atoms with van der Waals surface area (Å²) in [6.07, 6.45) is 0. The van der Waals surface area contributed by atoms with E-state index in [1.54, 1.807) is 33.8 Å². The molecule has 0 saturated heterocycles. The fraction of sp³-hybridized carbons (Fsp3) is 0.429. The largest absolute Gasteiger partial charge is 0.465 e. The topological polar surface area (TPSA) is 90.9 Å². The van der Waals surface area contributed by atoms with Gasteiger partial charge in [-0.1, -0.05) is 11.1 Å². The summed E-state index contributed by atoms with van der Waals surface area (Å²) in [6.45, 7) is 8.27. The van der Waals surface area contributed by atoms with Gasteiger partial charge in [-0.3, -0.25) is 4.79 Å². The molecular formula is C14H18N2O3. The highest BCUT2D eigenvalue weighted by atomic mass is 16.5. The van der Waals surface area contributed by atoms with Crippen LogP contribution in [0.3, 0.4) is 0 Å². The van der Waals surface area contributed by atoms with Gasteiger partial charge in [0.1, 0.15) is 17.7 Å². The number of hydrogen-bond donors (Lipinski definition) is 0. The van der Waals surface area contributed by atoms with E-state index in [1.807, 2.05) is 6.07 Å². The summed E-state index contributed by atoms with van der Waals surface area (Å²) in [5.41, 5.74) is 1.82. The summed E-state index contributed by atoms with van der Waals surface area (Å²) < 4.78 is 4.35. The van der Waals surface area contributed by atoms with E-state index in [0.29, 0.717) is 5.57 Å². The van der Waals surface area contributed by atoms with Crippen molar-refractivity contribution in [2.24, 2.45) is 0 Å². The molecule has 0 aliphatic rings. The Balaban J connectivity index is 0. The van der Waals surface area contributed by atoms with E-state index < -0.39 is 5.97 Å². The van der Waals surface area contributed by atoms with Crippen molar-refractivity contribution in [2.75, 3.05) is 7.11 Å². The summed E-state index contributed by atoms with van der Waals surface area (Å²) in [7, 11) is 1.25. The Morgan fingerprint density at radius 2 is 1.21 bits per heavy atom. The number of carbonyl (C=O) groups excluding carboxylic acids is 2. The van der Waals surface area contributed by atoms with Crippen molar-refractivity contribution in [2.45, 2.75) is 34.6 Å². The summed E-state index contributed by atoms with van der Waals surface area (Å²) in [5.74, 6) is -0.722. The van der Waals surface area contributed by atoms with Crippen molar-refractivity contribution < 1.29 is 14.3 Å². The average Bonchev–Trinajstić information content (AvgIpc) is 2.29. The van der Waals surface area contributed by atoms with Crippen LogP contribution in [-0.2, 0) is 14.3 Å². The van der Waals surface area contributed by atoms with Crippen LogP contribution < -0.4 is 0 Å². The molecule has 5 heteroatoms. The van der Waals surface area contributed by atoms with Crippen LogP contribution in [0.4, 0.5) is 0 Å². The molecule has 0 fully saturated rings. The Morgan fingerprint density at radius 1 is 0.842 bits per heavy atom. The Kier molecular flexibility index (Phi) is 9.59. The van der Waals surface area contributed by atoms with Crippen LogP contribution in [0.2, 0.25) is 0 Å². The number of nitriles is 2. The predicted molar refractivity (Wildman–Crippen MR) is 70.7 cm³/mol. The minimum absolute atomic E-state index is 0.0856. The number of ketones is 1. The molecule has 0 aromatic heterocycles. The van der Waals surface area contributed by atoms with Gasteiger partial charge in [-0.25, -0.2) is 4.79 Å². The molecular weight excluding hydrogens is 244 g/mol. The van der Waals surface area contributed by atoms with Crippen molar-refractivity contribution in [3.63, 3.8) is 0 Å². The van der Waals surface area contributed by atoms with Gasteiger partial charge >= 0.3 is 5.97 Å². The van der Waals surface area contributed by atoms with E-state index in [9.17, 15) is 9.59 Å². The number of nitrogens with zero attached hydrogens (tertiary/aromatic N) is 2. The summed E-state index contributed by atoms with van der Waals surface area (Å²) in [5, 5.41) is 16.7. The third-order valence-corrected chi connectivity index (χ3v) is 1.97. The minimum atomic E-state index is -0.567. The number of methoxy groups -OCH3 is 1. The monoisotopic (exact) mass is 262 g/mol. The zero-order chi connectivity index (χ0) is 15.6. The van der Waals surface area contributed by atoms with Crippen molar-refractivity contribution in [3.05, 3.63) is 22.3 Å². The lowest BCUT2D eigenvalue weighted by atomic mass is 10.1. The fourth-order valence-corrected chi connectivity index (χ4v) is 1.01. The maximum absolute atomic E-state index is 10.7. The Bertz CT molecular complexity index is 492. The number of allylic oxidation sites excluding steroid dienone is 3. The number of rotatable bonds is 2. The summed E-state index contributed by atoms with van der Waals surface area (Å²) >= 11 is 0. The first-order valence-electron chi connectivity index (χ1n) is 5.47. The third-order valence-electron chi connectivity index (χ3n) is 1.97. The van der Waals surface area contributed by atoms with Gasteiger partial charge in [0.05, 0.1) is 12.7 Å². The lowest BCUT2D eigenvalue weighted by Gasteiger charge is -1.96. The minimum Gasteiger partial charge on any atom is -0.465 e. The fourth-order valence-electron chi connectivity index (χ4n) is 1.01. The smallest absolute Gasteiger partial charge is 0.348 e. The SMILES string of the molecule is CC(=O)C(C#N)=C(C)C.COC(=O)C(C#N)=C(C)C. The maximum atomic E-state index is 10.7. The van der Waals surface area contributed by atoms with Crippen molar-refractivity contribution in [1.82, 2.24) is 0 Å². The second kappa shape index (κ2) is 9.61. The molecule has 0 aromatic carbocycles. The zero-order valence-electron chi connectivity index (χ0n) is 12.1. The standard InChI is InChI=1S/C7H9NO2.C7H9NO/c1-5(2)6(4-8)7(9)10-3;1-5(2)7(4-8)6(3)9/h1-3H3;1-3H3. The van der Waals surface area contributed by atoms with Crippen LogP contribution in [0.5, 0.6) is 0 Å². The molecule has 0 N–H and O–H groups in total. The Hall–Kier alpha value is -2.40. The van der Waals surface area contributed by atoms with Crippen LogP contribution in [0.1, 0.15) is 34.6 Å². The second-order valence-electron chi connectivity index (χ2n) is 4.02. The van der Waals surface area contributed by atoms with Gasteiger partial charge in [-0.15, -0.1) is 0 Å². The van der Waals surface area contributed by atoms with Crippen LogP contribution in [0.15, 0.2) is 22.3 Å². The molecule has 0 radical (unpaired) electrons. The summed E-state index contributed by atoms with van der Waals surface area (Å²) in [6, 6.07) is 3.59. The van der Waals surface area contributed by atoms with Gasteiger partial charge in [0.2, 0.25) is 0 Å². The number of hydrogen-bond acceptors (Lipinski definition) is 5. The predicted octanol–water partition coefficient (Wildman–Crippen LogP) is 2.45. The van der Waals surface area contributed by atoms with Crippen LogP contribution in [0, 0.1) is 22.7 Å². The Labute approximate surface area is 113 Å².